The molecule has 110 valence electrons. The molecule has 1 aromatic carbocycles. The summed E-state index contributed by atoms with van der Waals surface area (Å²) in [5.74, 6) is -2.17. The van der Waals surface area contributed by atoms with Gasteiger partial charge in [0.05, 0.1) is 5.69 Å². The van der Waals surface area contributed by atoms with Crippen LogP contribution in [0.25, 0.3) is 0 Å². The van der Waals surface area contributed by atoms with Gasteiger partial charge in [0.1, 0.15) is 11.6 Å². The van der Waals surface area contributed by atoms with Crippen molar-refractivity contribution in [3.63, 3.8) is 0 Å². The number of nitrogens with zero attached hydrogens (tertiary/aromatic N) is 1. The molecule has 0 saturated carbocycles. The van der Waals surface area contributed by atoms with Crippen LogP contribution in [0.3, 0.4) is 0 Å². The zero-order chi connectivity index (χ0) is 15.4. The molecule has 2 N–H and O–H groups in total. The van der Waals surface area contributed by atoms with Gasteiger partial charge >= 0.3 is 5.69 Å². The Labute approximate surface area is 117 Å². The Morgan fingerprint density at radius 1 is 1.24 bits per heavy atom. The highest BCUT2D eigenvalue weighted by Crippen LogP contribution is 2.15. The quantitative estimate of drug-likeness (QED) is 0.877. The molecule has 0 aliphatic rings. The first kappa shape index (κ1) is 14.6. The highest BCUT2D eigenvalue weighted by molar-refractivity contribution is 5.90. The van der Waals surface area contributed by atoms with Gasteiger partial charge in [0.25, 0.3) is 5.56 Å². The van der Waals surface area contributed by atoms with Gasteiger partial charge in [-0.1, -0.05) is 0 Å². The molecule has 0 aliphatic heterocycles. The van der Waals surface area contributed by atoms with Gasteiger partial charge in [-0.3, -0.25) is 14.6 Å². The lowest BCUT2D eigenvalue weighted by atomic mass is 10.3. The van der Waals surface area contributed by atoms with E-state index in [0.29, 0.717) is 6.07 Å². The van der Waals surface area contributed by atoms with Crippen molar-refractivity contribution in [2.45, 2.75) is 13.0 Å². The normalized spacial score (nSPS) is 10.4. The van der Waals surface area contributed by atoms with Crippen molar-refractivity contribution in [2.75, 3.05) is 5.32 Å². The van der Waals surface area contributed by atoms with Crippen LogP contribution in [0.4, 0.5) is 14.5 Å². The molecule has 2 aromatic rings. The first-order valence-electron chi connectivity index (χ1n) is 6.00. The summed E-state index contributed by atoms with van der Waals surface area (Å²) in [5.41, 5.74) is -1.31. The average molecular weight is 295 g/mol. The Morgan fingerprint density at radius 3 is 2.67 bits per heavy atom. The van der Waals surface area contributed by atoms with Crippen molar-refractivity contribution in [1.82, 2.24) is 9.55 Å². The molecule has 0 fully saturated rings. The second-order valence-electron chi connectivity index (χ2n) is 4.23. The van der Waals surface area contributed by atoms with Gasteiger partial charge in [-0.25, -0.2) is 13.6 Å². The number of carbonyl (C=O) groups excluding carboxylic acids is 1. The molecule has 1 amide bonds. The van der Waals surface area contributed by atoms with E-state index in [1.54, 1.807) is 0 Å². The van der Waals surface area contributed by atoms with Crippen LogP contribution >= 0.6 is 0 Å². The fourth-order valence-corrected chi connectivity index (χ4v) is 1.65. The molecule has 0 atom stereocenters. The molecule has 21 heavy (non-hydrogen) atoms. The lowest BCUT2D eigenvalue weighted by Gasteiger charge is -2.07. The number of benzene rings is 1. The third-order valence-corrected chi connectivity index (χ3v) is 2.68. The molecular formula is C13H11F2N3O3. The minimum atomic E-state index is -0.885. The highest BCUT2D eigenvalue weighted by atomic mass is 19.1. The average Bonchev–Trinajstić information content (AvgIpc) is 2.41. The van der Waals surface area contributed by atoms with Crippen molar-refractivity contribution in [1.29, 1.82) is 0 Å². The minimum absolute atomic E-state index is 0.0181. The third kappa shape index (κ3) is 3.85. The number of aromatic amines is 1. The van der Waals surface area contributed by atoms with Crippen LogP contribution in [0.15, 0.2) is 40.1 Å². The number of amides is 1. The van der Waals surface area contributed by atoms with Gasteiger partial charge in [-0.2, -0.15) is 0 Å². The van der Waals surface area contributed by atoms with Crippen molar-refractivity contribution in [3.8, 4) is 0 Å². The van der Waals surface area contributed by atoms with E-state index < -0.39 is 28.8 Å². The van der Waals surface area contributed by atoms with Gasteiger partial charge in [0, 0.05) is 31.3 Å². The van der Waals surface area contributed by atoms with Crippen molar-refractivity contribution >= 4 is 11.6 Å². The number of hydrogen-bond donors (Lipinski definition) is 2. The van der Waals surface area contributed by atoms with Gasteiger partial charge in [0.2, 0.25) is 5.91 Å². The van der Waals surface area contributed by atoms with E-state index in [2.05, 4.69) is 5.32 Å². The van der Waals surface area contributed by atoms with Crippen LogP contribution < -0.4 is 16.6 Å². The molecule has 0 saturated heterocycles. The van der Waals surface area contributed by atoms with E-state index in [1.807, 2.05) is 4.98 Å². The third-order valence-electron chi connectivity index (χ3n) is 2.68. The molecule has 1 aromatic heterocycles. The first-order chi connectivity index (χ1) is 9.95. The number of nitrogens with one attached hydrogen (secondary N) is 2. The second-order valence-corrected chi connectivity index (χ2v) is 4.23. The van der Waals surface area contributed by atoms with Crippen molar-refractivity contribution in [3.05, 3.63) is 62.9 Å². The molecular weight excluding hydrogens is 284 g/mol. The number of hydrogen-bond acceptors (Lipinski definition) is 3. The second kappa shape index (κ2) is 6.12. The summed E-state index contributed by atoms with van der Waals surface area (Å²) >= 11 is 0. The maximum Gasteiger partial charge on any atom is 0.328 e. The number of carbonyl (C=O) groups is 1. The molecule has 0 bridgehead atoms. The monoisotopic (exact) mass is 295 g/mol. The topological polar surface area (TPSA) is 84.0 Å². The van der Waals surface area contributed by atoms with Crippen LogP contribution in [0, 0.1) is 11.6 Å². The fourth-order valence-electron chi connectivity index (χ4n) is 1.65. The summed E-state index contributed by atoms with van der Waals surface area (Å²) < 4.78 is 27.2. The molecule has 8 heteroatoms. The molecule has 2 rings (SSSR count). The zero-order valence-electron chi connectivity index (χ0n) is 10.7. The van der Waals surface area contributed by atoms with Crippen LogP contribution in [0.2, 0.25) is 0 Å². The summed E-state index contributed by atoms with van der Waals surface area (Å²) in [6, 6.07) is 3.93. The zero-order valence-corrected chi connectivity index (χ0v) is 10.7. The molecule has 1 heterocycles. The van der Waals surface area contributed by atoms with Crippen molar-refractivity contribution in [2.24, 2.45) is 0 Å². The van der Waals surface area contributed by atoms with Crippen LogP contribution in [-0.2, 0) is 11.3 Å². The summed E-state index contributed by atoms with van der Waals surface area (Å²) in [6.07, 6.45) is 1.15. The number of halogens is 2. The Morgan fingerprint density at radius 2 is 2.00 bits per heavy atom. The number of aromatic nitrogens is 2. The van der Waals surface area contributed by atoms with Crippen LogP contribution in [0.1, 0.15) is 6.42 Å². The Balaban J connectivity index is 1.99. The summed E-state index contributed by atoms with van der Waals surface area (Å²) in [5, 5.41) is 2.27. The summed E-state index contributed by atoms with van der Waals surface area (Å²) in [6.45, 7) is 0.0181. The van der Waals surface area contributed by atoms with Crippen LogP contribution in [-0.4, -0.2) is 15.5 Å². The predicted octanol–water partition coefficient (Wildman–Crippen LogP) is 0.844. The Hall–Kier alpha value is -2.77. The minimum Gasteiger partial charge on any atom is -0.324 e. The number of aryl methyl sites for hydroxylation is 1. The maximum atomic E-state index is 13.3. The smallest absolute Gasteiger partial charge is 0.324 e. The molecule has 6 nitrogen and oxygen atoms in total. The standard InChI is InChI=1S/C13H11F2N3O3/c14-8-1-2-10(9(15)7-8)16-11(19)3-5-18-6-4-12(20)17-13(18)21/h1-2,4,6-7H,3,5H2,(H,16,19)(H,17,20,21). The molecule has 0 aliphatic carbocycles. The van der Waals surface area contributed by atoms with E-state index >= 15 is 0 Å². The molecule has 0 radical (unpaired) electrons. The Bertz CT molecular complexity index is 783. The largest absolute Gasteiger partial charge is 0.328 e. The van der Waals surface area contributed by atoms with Gasteiger partial charge in [-0.15, -0.1) is 0 Å². The number of anilines is 1. The lowest BCUT2D eigenvalue weighted by Crippen LogP contribution is -2.29. The Kier molecular flexibility index (Phi) is 4.27. The van der Waals surface area contributed by atoms with E-state index in [-0.39, 0.29) is 18.7 Å². The lowest BCUT2D eigenvalue weighted by molar-refractivity contribution is -0.116. The van der Waals surface area contributed by atoms with E-state index in [9.17, 15) is 23.2 Å². The van der Waals surface area contributed by atoms with Crippen LogP contribution in [0.5, 0.6) is 0 Å². The molecule has 0 unspecified atom stereocenters. The SMILES string of the molecule is O=C(CCn1ccc(=O)[nH]c1=O)Nc1ccc(F)cc1F. The van der Waals surface area contributed by atoms with Gasteiger partial charge in [0.15, 0.2) is 0 Å². The summed E-state index contributed by atoms with van der Waals surface area (Å²) in [4.78, 5) is 35.9. The van der Waals surface area contributed by atoms with Gasteiger partial charge in [-0.05, 0) is 12.1 Å². The number of rotatable bonds is 4. The number of H-pyrrole nitrogens is 1. The highest BCUT2D eigenvalue weighted by Gasteiger charge is 2.08. The predicted molar refractivity (Wildman–Crippen MR) is 70.9 cm³/mol. The van der Waals surface area contributed by atoms with E-state index in [1.165, 1.54) is 6.20 Å². The maximum absolute atomic E-state index is 13.3. The van der Waals surface area contributed by atoms with Crippen molar-refractivity contribution < 1.29 is 13.6 Å². The first-order valence-corrected chi connectivity index (χ1v) is 6.00. The van der Waals surface area contributed by atoms with E-state index in [4.69, 9.17) is 0 Å². The van der Waals surface area contributed by atoms with E-state index in [0.717, 1.165) is 22.8 Å². The molecule has 0 spiro atoms. The summed E-state index contributed by atoms with van der Waals surface area (Å²) in [7, 11) is 0. The van der Waals surface area contributed by atoms with Gasteiger partial charge < -0.3 is 9.88 Å². The fraction of sp³-hybridized carbons (Fsp3) is 0.154.